The van der Waals surface area contributed by atoms with Gasteiger partial charge in [-0.1, -0.05) is 17.7 Å². The molecule has 148 valence electrons. The Bertz CT molecular complexity index is 821. The minimum Gasteiger partial charge on any atom is -0.462 e. The van der Waals surface area contributed by atoms with E-state index in [-0.39, 0.29) is 5.97 Å². The first-order valence-corrected chi connectivity index (χ1v) is 10.0. The molecule has 0 aliphatic carbocycles. The quantitative estimate of drug-likeness (QED) is 0.620. The molecule has 5 nitrogen and oxygen atoms in total. The molecule has 2 aromatic rings. The first kappa shape index (κ1) is 20.1. The Kier molecular flexibility index (Phi) is 6.52. The molecule has 0 amide bonds. The van der Waals surface area contributed by atoms with Crippen LogP contribution in [0.15, 0.2) is 48.5 Å². The minimum absolute atomic E-state index is 0.308. The first-order chi connectivity index (χ1) is 13.5. The van der Waals surface area contributed by atoms with Crippen LogP contribution in [0, 0.1) is 6.92 Å². The molecule has 1 atom stereocenters. The number of ether oxygens (including phenoxy) is 1. The number of nitrogens with one attached hydrogen (secondary N) is 1. The van der Waals surface area contributed by atoms with Gasteiger partial charge in [0.15, 0.2) is 5.11 Å². The lowest BCUT2D eigenvalue weighted by molar-refractivity contribution is 0.0526. The number of rotatable bonds is 4. The van der Waals surface area contributed by atoms with Gasteiger partial charge in [-0.25, -0.2) is 4.79 Å². The maximum atomic E-state index is 11.7. The van der Waals surface area contributed by atoms with Gasteiger partial charge < -0.3 is 19.9 Å². The number of hydrogen-bond acceptors (Lipinski definition) is 4. The van der Waals surface area contributed by atoms with E-state index in [4.69, 9.17) is 17.0 Å². The third-order valence-corrected chi connectivity index (χ3v) is 5.29. The number of carbonyl (C=O) groups is 1. The van der Waals surface area contributed by atoms with Crippen molar-refractivity contribution in [1.82, 2.24) is 4.90 Å². The Morgan fingerprint density at radius 1 is 1.14 bits per heavy atom. The highest BCUT2D eigenvalue weighted by Crippen LogP contribution is 2.22. The topological polar surface area (TPSA) is 44.8 Å². The van der Waals surface area contributed by atoms with Gasteiger partial charge in [-0.3, -0.25) is 0 Å². The summed E-state index contributed by atoms with van der Waals surface area (Å²) in [5.74, 6) is -0.308. The van der Waals surface area contributed by atoms with Crippen LogP contribution < -0.4 is 10.2 Å². The second kappa shape index (κ2) is 9.06. The number of anilines is 2. The van der Waals surface area contributed by atoms with Crippen molar-refractivity contribution in [3.05, 3.63) is 59.7 Å². The van der Waals surface area contributed by atoms with Crippen LogP contribution >= 0.6 is 12.2 Å². The normalized spacial score (nSPS) is 16.6. The van der Waals surface area contributed by atoms with Crippen LogP contribution in [-0.4, -0.2) is 48.3 Å². The Morgan fingerprint density at radius 2 is 1.82 bits per heavy atom. The molecule has 0 spiro atoms. The maximum Gasteiger partial charge on any atom is 0.338 e. The van der Waals surface area contributed by atoms with Crippen LogP contribution in [0.1, 0.15) is 29.8 Å². The summed E-state index contributed by atoms with van der Waals surface area (Å²) in [5, 5.41) is 3.99. The van der Waals surface area contributed by atoms with E-state index >= 15 is 0 Å². The Hall–Kier alpha value is -2.60. The molecule has 1 N–H and O–H groups in total. The van der Waals surface area contributed by atoms with Crippen molar-refractivity contribution in [3.8, 4) is 0 Å². The highest BCUT2D eigenvalue weighted by Gasteiger charge is 2.25. The van der Waals surface area contributed by atoms with E-state index < -0.39 is 0 Å². The summed E-state index contributed by atoms with van der Waals surface area (Å²) in [6.07, 6.45) is 0. The molecule has 2 aromatic carbocycles. The summed E-state index contributed by atoms with van der Waals surface area (Å²) in [7, 11) is 0. The van der Waals surface area contributed by atoms with E-state index in [0.717, 1.165) is 25.3 Å². The maximum absolute atomic E-state index is 11.7. The SMILES string of the molecule is CCOC(=O)c1ccc(NC(=S)N2CCN(c3ccc(C)cc3)C(C)C2)cc1. The van der Waals surface area contributed by atoms with E-state index in [2.05, 4.69) is 53.2 Å². The lowest BCUT2D eigenvalue weighted by Gasteiger charge is -2.42. The van der Waals surface area contributed by atoms with Crippen LogP contribution in [0.2, 0.25) is 0 Å². The number of aryl methyl sites for hydroxylation is 1. The van der Waals surface area contributed by atoms with Crippen molar-refractivity contribution in [2.45, 2.75) is 26.8 Å². The van der Waals surface area contributed by atoms with Gasteiger partial charge in [0.2, 0.25) is 0 Å². The Balaban J connectivity index is 1.57. The fraction of sp³-hybridized carbons (Fsp3) is 0.364. The molecule has 6 heteroatoms. The summed E-state index contributed by atoms with van der Waals surface area (Å²) < 4.78 is 5.01. The predicted molar refractivity (Wildman–Crippen MR) is 118 cm³/mol. The molecule has 28 heavy (non-hydrogen) atoms. The third kappa shape index (κ3) is 4.81. The summed E-state index contributed by atoms with van der Waals surface area (Å²) in [6, 6.07) is 16.2. The van der Waals surface area contributed by atoms with E-state index in [9.17, 15) is 4.79 Å². The Morgan fingerprint density at radius 3 is 2.43 bits per heavy atom. The van der Waals surface area contributed by atoms with Gasteiger partial charge >= 0.3 is 5.97 Å². The highest BCUT2D eigenvalue weighted by molar-refractivity contribution is 7.80. The van der Waals surface area contributed by atoms with Crippen molar-refractivity contribution in [1.29, 1.82) is 0 Å². The largest absolute Gasteiger partial charge is 0.462 e. The van der Waals surface area contributed by atoms with E-state index in [0.29, 0.717) is 23.3 Å². The van der Waals surface area contributed by atoms with Gasteiger partial charge in [0, 0.05) is 37.1 Å². The van der Waals surface area contributed by atoms with Gasteiger partial charge in [-0.15, -0.1) is 0 Å². The van der Waals surface area contributed by atoms with Crippen LogP contribution in [0.25, 0.3) is 0 Å². The lowest BCUT2D eigenvalue weighted by Crippen LogP contribution is -2.54. The summed E-state index contributed by atoms with van der Waals surface area (Å²) in [6.45, 7) is 9.15. The van der Waals surface area contributed by atoms with Gasteiger partial charge in [0.1, 0.15) is 0 Å². The number of esters is 1. The molecule has 1 fully saturated rings. The first-order valence-electron chi connectivity index (χ1n) is 9.64. The highest BCUT2D eigenvalue weighted by atomic mass is 32.1. The summed E-state index contributed by atoms with van der Waals surface area (Å²) in [4.78, 5) is 16.4. The minimum atomic E-state index is -0.308. The lowest BCUT2D eigenvalue weighted by atomic mass is 10.1. The molecule has 0 aromatic heterocycles. The smallest absolute Gasteiger partial charge is 0.338 e. The van der Waals surface area contributed by atoms with Gasteiger partial charge in [0.25, 0.3) is 0 Å². The monoisotopic (exact) mass is 397 g/mol. The number of thiocarbonyl (C=S) groups is 1. The van der Waals surface area contributed by atoms with E-state index in [1.165, 1.54) is 11.3 Å². The molecule has 0 radical (unpaired) electrons. The average molecular weight is 398 g/mol. The second-order valence-corrected chi connectivity index (χ2v) is 7.44. The fourth-order valence-corrected chi connectivity index (χ4v) is 3.65. The summed E-state index contributed by atoms with van der Waals surface area (Å²) in [5.41, 5.74) is 3.94. The second-order valence-electron chi connectivity index (χ2n) is 7.05. The van der Waals surface area contributed by atoms with E-state index in [1.807, 2.05) is 12.1 Å². The molecule has 1 aliphatic rings. The zero-order valence-electron chi connectivity index (χ0n) is 16.6. The molecular weight excluding hydrogens is 370 g/mol. The number of carbonyl (C=O) groups excluding carboxylic acids is 1. The average Bonchev–Trinajstić information content (AvgIpc) is 2.69. The van der Waals surface area contributed by atoms with Crippen LogP contribution in [0.5, 0.6) is 0 Å². The van der Waals surface area contributed by atoms with Crippen molar-refractivity contribution in [2.75, 3.05) is 36.5 Å². The molecule has 1 heterocycles. The van der Waals surface area contributed by atoms with Crippen molar-refractivity contribution in [3.63, 3.8) is 0 Å². The standard InChI is InChI=1S/C22H27N3O2S/c1-4-27-21(26)18-7-9-19(10-8-18)23-22(28)24-13-14-25(17(3)15-24)20-11-5-16(2)6-12-20/h5-12,17H,4,13-15H2,1-3H3,(H,23,28). The fourth-order valence-electron chi connectivity index (χ4n) is 3.37. The molecular formula is C22H27N3O2S. The predicted octanol–water partition coefficient (Wildman–Crippen LogP) is 4.08. The van der Waals surface area contributed by atoms with E-state index in [1.54, 1.807) is 19.1 Å². The van der Waals surface area contributed by atoms with Crippen molar-refractivity contribution < 1.29 is 9.53 Å². The number of hydrogen-bond donors (Lipinski definition) is 1. The zero-order chi connectivity index (χ0) is 20.1. The third-order valence-electron chi connectivity index (χ3n) is 4.93. The molecule has 1 saturated heterocycles. The zero-order valence-corrected chi connectivity index (χ0v) is 17.5. The van der Waals surface area contributed by atoms with Crippen LogP contribution in [-0.2, 0) is 4.74 Å². The summed E-state index contributed by atoms with van der Waals surface area (Å²) >= 11 is 5.61. The van der Waals surface area contributed by atoms with Crippen LogP contribution in [0.4, 0.5) is 11.4 Å². The molecule has 0 bridgehead atoms. The molecule has 0 saturated carbocycles. The molecule has 1 unspecified atom stereocenters. The Labute approximate surface area is 172 Å². The van der Waals surface area contributed by atoms with Crippen LogP contribution in [0.3, 0.4) is 0 Å². The van der Waals surface area contributed by atoms with Crippen molar-refractivity contribution >= 4 is 34.7 Å². The number of nitrogens with zero attached hydrogens (tertiary/aromatic N) is 2. The number of piperazine rings is 1. The molecule has 1 aliphatic heterocycles. The number of benzene rings is 2. The van der Waals surface area contributed by atoms with Gasteiger partial charge in [-0.05, 0) is 69.4 Å². The molecule has 3 rings (SSSR count). The van der Waals surface area contributed by atoms with Gasteiger partial charge in [0.05, 0.1) is 12.2 Å². The van der Waals surface area contributed by atoms with Gasteiger partial charge in [-0.2, -0.15) is 0 Å². The van der Waals surface area contributed by atoms with Crippen molar-refractivity contribution in [2.24, 2.45) is 0 Å².